The molecule has 2 atom stereocenters. The molecule has 1 heterocycles. The lowest BCUT2D eigenvalue weighted by Crippen LogP contribution is -2.33. The minimum Gasteiger partial charge on any atom is -0.322 e. The first kappa shape index (κ1) is 15.0. The van der Waals surface area contributed by atoms with E-state index in [4.69, 9.17) is 0 Å². The molecule has 1 N–H and O–H groups in total. The molecule has 110 valence electrons. The minimum absolute atomic E-state index is 0.0147. The first-order valence-corrected chi connectivity index (χ1v) is 7.27. The summed E-state index contributed by atoms with van der Waals surface area (Å²) in [6.07, 6.45) is 1.01. The summed E-state index contributed by atoms with van der Waals surface area (Å²) in [7, 11) is 4.12. The molecule has 2 rings (SSSR count). The fourth-order valence-corrected chi connectivity index (χ4v) is 2.72. The van der Waals surface area contributed by atoms with Crippen LogP contribution in [-0.2, 0) is 4.79 Å². The number of hydrogen-bond donors (Lipinski definition) is 1. The summed E-state index contributed by atoms with van der Waals surface area (Å²) in [6.45, 7) is 5.84. The summed E-state index contributed by atoms with van der Waals surface area (Å²) in [6, 6.07) is 8.18. The molecule has 1 amide bonds. The van der Waals surface area contributed by atoms with Gasteiger partial charge in [-0.25, -0.2) is 0 Å². The van der Waals surface area contributed by atoms with Gasteiger partial charge in [0.1, 0.15) is 6.17 Å². The average molecular weight is 275 g/mol. The molecule has 1 fully saturated rings. The Kier molecular flexibility index (Phi) is 4.78. The third-order valence-corrected chi connectivity index (χ3v) is 3.86. The van der Waals surface area contributed by atoms with Crippen LogP contribution in [0.25, 0.3) is 0 Å². The highest BCUT2D eigenvalue weighted by molar-refractivity contribution is 5.84. The zero-order valence-corrected chi connectivity index (χ0v) is 12.9. The first-order valence-electron chi connectivity index (χ1n) is 7.27. The van der Waals surface area contributed by atoms with Crippen molar-refractivity contribution in [3.8, 4) is 0 Å². The molecule has 0 aliphatic carbocycles. The van der Waals surface area contributed by atoms with Crippen molar-refractivity contribution in [1.29, 1.82) is 0 Å². The van der Waals surface area contributed by atoms with E-state index in [1.165, 1.54) is 11.1 Å². The lowest BCUT2D eigenvalue weighted by molar-refractivity contribution is -0.129. The summed E-state index contributed by atoms with van der Waals surface area (Å²) in [4.78, 5) is 16.5. The van der Waals surface area contributed by atoms with Crippen LogP contribution in [0, 0.1) is 6.92 Å². The molecular formula is C16H25N3O. The van der Waals surface area contributed by atoms with Crippen molar-refractivity contribution in [3.05, 3.63) is 35.4 Å². The number of nitrogens with one attached hydrogen (secondary N) is 1. The van der Waals surface area contributed by atoms with Crippen molar-refractivity contribution < 1.29 is 4.79 Å². The summed E-state index contributed by atoms with van der Waals surface area (Å²) in [5.74, 6) is 0.206. The van der Waals surface area contributed by atoms with Crippen molar-refractivity contribution in [1.82, 2.24) is 15.1 Å². The maximum atomic E-state index is 12.3. The largest absolute Gasteiger partial charge is 0.322 e. The van der Waals surface area contributed by atoms with Crippen LogP contribution in [-0.4, -0.2) is 48.9 Å². The van der Waals surface area contributed by atoms with Crippen molar-refractivity contribution in [3.63, 3.8) is 0 Å². The standard InChI is InChI=1S/C16H25N3O/c1-12-8-5-6-9-14(12)15-17-13(2)16(20)19(15)11-7-10-18(3)4/h5-6,8-9,13,15,17H,7,10-11H2,1-4H3. The molecule has 0 radical (unpaired) electrons. The minimum atomic E-state index is -0.0982. The van der Waals surface area contributed by atoms with E-state index in [1.807, 2.05) is 24.0 Å². The van der Waals surface area contributed by atoms with Crippen molar-refractivity contribution in [2.24, 2.45) is 0 Å². The molecule has 1 aromatic rings. The normalized spacial score (nSPS) is 22.9. The fourth-order valence-electron chi connectivity index (χ4n) is 2.72. The SMILES string of the molecule is Cc1ccccc1C1NC(C)C(=O)N1CCCN(C)C. The van der Waals surface area contributed by atoms with E-state index in [2.05, 4.69) is 43.4 Å². The molecule has 1 aromatic carbocycles. The van der Waals surface area contributed by atoms with Gasteiger partial charge in [0.15, 0.2) is 0 Å². The molecular weight excluding hydrogens is 250 g/mol. The number of carbonyl (C=O) groups excluding carboxylic acids is 1. The zero-order valence-electron chi connectivity index (χ0n) is 12.9. The first-order chi connectivity index (χ1) is 9.50. The van der Waals surface area contributed by atoms with Crippen molar-refractivity contribution >= 4 is 5.91 Å². The Morgan fingerprint density at radius 2 is 2.00 bits per heavy atom. The molecule has 20 heavy (non-hydrogen) atoms. The summed E-state index contributed by atoms with van der Waals surface area (Å²) >= 11 is 0. The Morgan fingerprint density at radius 1 is 1.30 bits per heavy atom. The van der Waals surface area contributed by atoms with Gasteiger partial charge in [-0.15, -0.1) is 0 Å². The molecule has 4 heteroatoms. The monoisotopic (exact) mass is 275 g/mol. The Bertz CT molecular complexity index is 473. The second-order valence-electron chi connectivity index (χ2n) is 5.84. The predicted octanol–water partition coefficient (Wildman–Crippen LogP) is 1.77. The van der Waals surface area contributed by atoms with Crippen LogP contribution in [0.2, 0.25) is 0 Å². The Balaban J connectivity index is 2.13. The van der Waals surface area contributed by atoms with Crippen LogP contribution < -0.4 is 5.32 Å². The van der Waals surface area contributed by atoms with Gasteiger partial charge in [-0.05, 0) is 52.0 Å². The van der Waals surface area contributed by atoms with E-state index in [1.54, 1.807) is 0 Å². The number of benzene rings is 1. The molecule has 1 aliphatic rings. The number of hydrogen-bond acceptors (Lipinski definition) is 3. The van der Waals surface area contributed by atoms with E-state index in [-0.39, 0.29) is 18.1 Å². The van der Waals surface area contributed by atoms with Gasteiger partial charge in [0, 0.05) is 6.54 Å². The van der Waals surface area contributed by atoms with Crippen molar-refractivity contribution in [2.45, 2.75) is 32.5 Å². The molecule has 0 spiro atoms. The molecule has 1 aliphatic heterocycles. The number of nitrogens with zero attached hydrogens (tertiary/aromatic N) is 2. The Morgan fingerprint density at radius 3 is 2.65 bits per heavy atom. The molecule has 0 bridgehead atoms. The third kappa shape index (κ3) is 3.19. The van der Waals surface area contributed by atoms with Crippen LogP contribution >= 0.6 is 0 Å². The van der Waals surface area contributed by atoms with E-state index < -0.39 is 0 Å². The Labute approximate surface area is 121 Å². The highest BCUT2D eigenvalue weighted by Crippen LogP contribution is 2.27. The molecule has 4 nitrogen and oxygen atoms in total. The van der Waals surface area contributed by atoms with Gasteiger partial charge in [0.2, 0.25) is 5.91 Å². The number of carbonyl (C=O) groups is 1. The number of aryl methyl sites for hydroxylation is 1. The van der Waals surface area contributed by atoms with E-state index in [0.717, 1.165) is 19.5 Å². The summed E-state index contributed by atoms with van der Waals surface area (Å²) in [5.41, 5.74) is 2.43. The molecule has 0 aromatic heterocycles. The van der Waals surface area contributed by atoms with Gasteiger partial charge in [-0.1, -0.05) is 24.3 Å². The highest BCUT2D eigenvalue weighted by Gasteiger charge is 2.36. The second kappa shape index (κ2) is 6.37. The third-order valence-electron chi connectivity index (χ3n) is 3.86. The lowest BCUT2D eigenvalue weighted by atomic mass is 10.1. The van der Waals surface area contributed by atoms with Crippen LogP contribution in [0.3, 0.4) is 0 Å². The van der Waals surface area contributed by atoms with Crippen LogP contribution in [0.4, 0.5) is 0 Å². The highest BCUT2D eigenvalue weighted by atomic mass is 16.2. The molecule has 2 unspecified atom stereocenters. The fraction of sp³-hybridized carbons (Fsp3) is 0.562. The maximum Gasteiger partial charge on any atom is 0.241 e. The van der Waals surface area contributed by atoms with E-state index in [0.29, 0.717) is 0 Å². The van der Waals surface area contributed by atoms with Gasteiger partial charge >= 0.3 is 0 Å². The van der Waals surface area contributed by atoms with Gasteiger partial charge < -0.3 is 9.80 Å². The van der Waals surface area contributed by atoms with Crippen LogP contribution in [0.1, 0.15) is 30.6 Å². The smallest absolute Gasteiger partial charge is 0.241 e. The quantitative estimate of drug-likeness (QED) is 0.889. The van der Waals surface area contributed by atoms with Crippen molar-refractivity contribution in [2.75, 3.05) is 27.2 Å². The average Bonchev–Trinajstić information content (AvgIpc) is 2.67. The van der Waals surface area contributed by atoms with E-state index >= 15 is 0 Å². The molecule has 0 saturated carbocycles. The summed E-state index contributed by atoms with van der Waals surface area (Å²) < 4.78 is 0. The van der Waals surface area contributed by atoms with Gasteiger partial charge in [0.05, 0.1) is 6.04 Å². The number of rotatable bonds is 5. The second-order valence-corrected chi connectivity index (χ2v) is 5.84. The van der Waals surface area contributed by atoms with Crippen LogP contribution in [0.5, 0.6) is 0 Å². The zero-order chi connectivity index (χ0) is 14.7. The lowest BCUT2D eigenvalue weighted by Gasteiger charge is -2.26. The van der Waals surface area contributed by atoms with Gasteiger partial charge in [0.25, 0.3) is 0 Å². The van der Waals surface area contributed by atoms with E-state index in [9.17, 15) is 4.79 Å². The Hall–Kier alpha value is -1.39. The maximum absolute atomic E-state index is 12.3. The van der Waals surface area contributed by atoms with Crippen LogP contribution in [0.15, 0.2) is 24.3 Å². The van der Waals surface area contributed by atoms with Gasteiger partial charge in [-0.3, -0.25) is 10.1 Å². The predicted molar refractivity (Wildman–Crippen MR) is 81.4 cm³/mol. The van der Waals surface area contributed by atoms with Gasteiger partial charge in [-0.2, -0.15) is 0 Å². The molecule has 1 saturated heterocycles. The number of amides is 1. The topological polar surface area (TPSA) is 35.6 Å². The summed E-state index contributed by atoms with van der Waals surface area (Å²) in [5, 5.41) is 3.41.